The van der Waals surface area contributed by atoms with Crippen molar-refractivity contribution in [3.63, 3.8) is 0 Å². The van der Waals surface area contributed by atoms with Gasteiger partial charge in [0, 0.05) is 10.9 Å². The molecule has 3 aromatic rings. The number of carbonyl (C=O) groups excluding carboxylic acids is 1. The van der Waals surface area contributed by atoms with Crippen LogP contribution in [0.3, 0.4) is 0 Å². The van der Waals surface area contributed by atoms with E-state index in [9.17, 15) is 9.59 Å². The Morgan fingerprint density at radius 1 is 1.19 bits per heavy atom. The summed E-state index contributed by atoms with van der Waals surface area (Å²) in [5.74, 6) is -0.439. The number of hydrogen-bond acceptors (Lipinski definition) is 5. The summed E-state index contributed by atoms with van der Waals surface area (Å²) in [6.45, 7) is 9.33. The van der Waals surface area contributed by atoms with Crippen LogP contribution in [0.1, 0.15) is 37.9 Å². The largest absolute Gasteiger partial charge is 0.461 e. The number of esters is 1. The van der Waals surface area contributed by atoms with Crippen molar-refractivity contribution in [2.75, 3.05) is 0 Å². The maximum atomic E-state index is 13.1. The molecule has 136 valence electrons. The molecule has 1 atom stereocenters. The Morgan fingerprint density at radius 3 is 2.58 bits per heavy atom. The molecular formula is C20H22N2O3S. The number of benzene rings is 1. The highest BCUT2D eigenvalue weighted by Gasteiger charge is 2.22. The molecular weight excluding hydrogens is 348 g/mol. The Bertz CT molecular complexity index is 1030. The Hall–Kier alpha value is -2.47. The second kappa shape index (κ2) is 7.03. The van der Waals surface area contributed by atoms with Crippen LogP contribution in [0.4, 0.5) is 0 Å². The van der Waals surface area contributed by atoms with E-state index in [1.807, 2.05) is 24.4 Å². The molecule has 0 fully saturated rings. The second-order valence-corrected chi connectivity index (χ2v) is 7.61. The summed E-state index contributed by atoms with van der Waals surface area (Å²) in [6, 6.07) is 5.40. The third kappa shape index (κ3) is 3.29. The number of carbonyl (C=O) groups is 1. The van der Waals surface area contributed by atoms with Crippen molar-refractivity contribution in [3.8, 4) is 11.1 Å². The van der Waals surface area contributed by atoms with E-state index in [4.69, 9.17) is 4.74 Å². The van der Waals surface area contributed by atoms with Gasteiger partial charge in [-0.15, -0.1) is 11.3 Å². The highest BCUT2D eigenvalue weighted by molar-refractivity contribution is 7.17. The monoisotopic (exact) mass is 370 g/mol. The number of aromatic nitrogens is 2. The van der Waals surface area contributed by atoms with E-state index < -0.39 is 12.0 Å². The van der Waals surface area contributed by atoms with Gasteiger partial charge in [-0.1, -0.05) is 18.2 Å². The first kappa shape index (κ1) is 18.3. The molecule has 0 amide bonds. The standard InChI is InChI=1S/C20H22N2O3S/c1-11(2)25-20(24)14(5)22-10-21-18-17(19(22)23)16(9-26-18)15-7-6-12(3)13(4)8-15/h6-11,14H,1-5H3. The minimum atomic E-state index is -0.727. The zero-order valence-corrected chi connectivity index (χ0v) is 16.4. The van der Waals surface area contributed by atoms with E-state index in [1.165, 1.54) is 33.4 Å². The molecule has 1 aromatic carbocycles. The van der Waals surface area contributed by atoms with Crippen LogP contribution in [0.2, 0.25) is 0 Å². The summed E-state index contributed by atoms with van der Waals surface area (Å²) in [7, 11) is 0. The van der Waals surface area contributed by atoms with Gasteiger partial charge >= 0.3 is 5.97 Å². The molecule has 0 bridgehead atoms. The van der Waals surface area contributed by atoms with Gasteiger partial charge in [0.1, 0.15) is 10.9 Å². The van der Waals surface area contributed by atoms with Crippen LogP contribution in [-0.2, 0) is 9.53 Å². The molecule has 2 aromatic heterocycles. The number of aryl methyl sites for hydroxylation is 2. The summed E-state index contributed by atoms with van der Waals surface area (Å²) in [6.07, 6.45) is 1.20. The van der Waals surface area contributed by atoms with Gasteiger partial charge in [-0.3, -0.25) is 9.36 Å². The molecule has 3 rings (SSSR count). The van der Waals surface area contributed by atoms with E-state index in [-0.39, 0.29) is 11.7 Å². The van der Waals surface area contributed by atoms with Gasteiger partial charge < -0.3 is 4.74 Å². The quantitative estimate of drug-likeness (QED) is 0.644. The fourth-order valence-electron chi connectivity index (χ4n) is 2.79. The number of nitrogens with zero attached hydrogens (tertiary/aromatic N) is 2. The molecule has 0 aliphatic carbocycles. The zero-order chi connectivity index (χ0) is 19.0. The van der Waals surface area contributed by atoms with Crippen LogP contribution < -0.4 is 5.56 Å². The predicted molar refractivity (Wildman–Crippen MR) is 105 cm³/mol. The minimum absolute atomic E-state index is 0.224. The predicted octanol–water partition coefficient (Wildman–Crippen LogP) is 4.25. The van der Waals surface area contributed by atoms with E-state index in [2.05, 4.69) is 18.0 Å². The van der Waals surface area contributed by atoms with Crippen molar-refractivity contribution in [1.29, 1.82) is 0 Å². The van der Waals surface area contributed by atoms with Crippen LogP contribution in [0.25, 0.3) is 21.3 Å². The molecule has 0 radical (unpaired) electrons. The number of hydrogen-bond donors (Lipinski definition) is 0. The third-order valence-corrected chi connectivity index (χ3v) is 5.33. The smallest absolute Gasteiger partial charge is 0.329 e. The maximum Gasteiger partial charge on any atom is 0.329 e. The van der Waals surface area contributed by atoms with Crippen LogP contribution in [0, 0.1) is 13.8 Å². The van der Waals surface area contributed by atoms with Gasteiger partial charge in [-0.25, -0.2) is 9.78 Å². The maximum absolute atomic E-state index is 13.1. The molecule has 0 aliphatic rings. The third-order valence-electron chi connectivity index (χ3n) is 4.45. The Kier molecular flexibility index (Phi) is 4.96. The van der Waals surface area contributed by atoms with Crippen molar-refractivity contribution in [1.82, 2.24) is 9.55 Å². The van der Waals surface area contributed by atoms with Crippen LogP contribution >= 0.6 is 11.3 Å². The Balaban J connectivity index is 2.13. The Labute approximate surface area is 156 Å². The molecule has 2 heterocycles. The lowest BCUT2D eigenvalue weighted by Crippen LogP contribution is -2.30. The van der Waals surface area contributed by atoms with Crippen LogP contribution in [0.15, 0.2) is 34.7 Å². The lowest BCUT2D eigenvalue weighted by atomic mass is 10.0. The first-order valence-corrected chi connectivity index (χ1v) is 9.44. The van der Waals surface area contributed by atoms with Crippen molar-refractivity contribution < 1.29 is 9.53 Å². The number of fused-ring (bicyclic) bond motifs is 1. The second-order valence-electron chi connectivity index (χ2n) is 6.75. The summed E-state index contributed by atoms with van der Waals surface area (Å²) in [5.41, 5.74) is 3.98. The van der Waals surface area contributed by atoms with Crippen molar-refractivity contribution in [3.05, 3.63) is 51.4 Å². The van der Waals surface area contributed by atoms with Gasteiger partial charge in [-0.05, 0) is 51.3 Å². The van der Waals surface area contributed by atoms with Crippen molar-refractivity contribution in [2.45, 2.75) is 46.8 Å². The molecule has 0 N–H and O–H groups in total. The molecule has 26 heavy (non-hydrogen) atoms. The lowest BCUT2D eigenvalue weighted by molar-refractivity contribution is -0.151. The van der Waals surface area contributed by atoms with Gasteiger partial charge in [0.2, 0.25) is 0 Å². The fourth-order valence-corrected chi connectivity index (χ4v) is 3.69. The molecule has 1 unspecified atom stereocenters. The molecule has 5 nitrogen and oxygen atoms in total. The minimum Gasteiger partial charge on any atom is -0.461 e. The van der Waals surface area contributed by atoms with Gasteiger partial charge in [0.15, 0.2) is 0 Å². The summed E-state index contributed by atoms with van der Waals surface area (Å²) >= 11 is 1.43. The van der Waals surface area contributed by atoms with E-state index in [1.54, 1.807) is 20.8 Å². The van der Waals surface area contributed by atoms with Crippen LogP contribution in [-0.4, -0.2) is 21.6 Å². The molecule has 0 saturated heterocycles. The SMILES string of the molecule is Cc1ccc(-c2csc3ncn(C(C)C(=O)OC(C)C)c(=O)c23)cc1C. The highest BCUT2D eigenvalue weighted by Crippen LogP contribution is 2.31. The fraction of sp³-hybridized carbons (Fsp3) is 0.350. The molecule has 0 spiro atoms. The van der Waals surface area contributed by atoms with E-state index in [0.29, 0.717) is 10.2 Å². The van der Waals surface area contributed by atoms with Crippen molar-refractivity contribution in [2.24, 2.45) is 0 Å². The number of thiophene rings is 1. The van der Waals surface area contributed by atoms with E-state index >= 15 is 0 Å². The van der Waals surface area contributed by atoms with Gasteiger partial charge in [-0.2, -0.15) is 0 Å². The van der Waals surface area contributed by atoms with Crippen molar-refractivity contribution >= 4 is 27.5 Å². The zero-order valence-electron chi connectivity index (χ0n) is 15.6. The summed E-state index contributed by atoms with van der Waals surface area (Å²) in [4.78, 5) is 30.4. The van der Waals surface area contributed by atoms with Crippen LogP contribution in [0.5, 0.6) is 0 Å². The van der Waals surface area contributed by atoms with Gasteiger partial charge in [0.25, 0.3) is 5.56 Å². The van der Waals surface area contributed by atoms with Gasteiger partial charge in [0.05, 0.1) is 17.8 Å². The number of ether oxygens (including phenoxy) is 1. The molecule has 0 aliphatic heterocycles. The summed E-state index contributed by atoms with van der Waals surface area (Å²) < 4.78 is 6.59. The Morgan fingerprint density at radius 2 is 1.92 bits per heavy atom. The summed E-state index contributed by atoms with van der Waals surface area (Å²) in [5, 5.41) is 2.50. The topological polar surface area (TPSA) is 61.2 Å². The average molecular weight is 370 g/mol. The van der Waals surface area contributed by atoms with E-state index in [0.717, 1.165) is 11.1 Å². The number of rotatable bonds is 4. The normalized spacial score (nSPS) is 12.5. The molecule has 0 saturated carbocycles. The lowest BCUT2D eigenvalue weighted by Gasteiger charge is -2.16. The average Bonchev–Trinajstić information content (AvgIpc) is 3.01. The highest BCUT2D eigenvalue weighted by atomic mass is 32.1. The molecule has 6 heteroatoms. The first-order valence-electron chi connectivity index (χ1n) is 8.56. The first-order chi connectivity index (χ1) is 12.3.